The normalized spacial score (nSPS) is 17.5. The lowest BCUT2D eigenvalue weighted by atomic mass is 9.78. The molecule has 1 aliphatic heterocycles. The summed E-state index contributed by atoms with van der Waals surface area (Å²) in [6.07, 6.45) is 5.57. The van der Waals surface area contributed by atoms with E-state index in [9.17, 15) is 9.59 Å². The molecule has 1 amide bonds. The number of halogens is 1. The molecule has 1 fully saturated rings. The van der Waals surface area contributed by atoms with E-state index in [0.29, 0.717) is 45.0 Å². The molecule has 1 N–H and O–H groups in total. The standard InChI is InChI=1S/C25H24ClNO4/c1-14-16(26)7-6-8-17(14)27-24(29)23-15(2)21-19(30-23)9-10-20-22(21)18(28)13-25(31-20)11-4-3-5-12-25/h6-10H,3-5,11-13H2,1-2H3,(H,27,29). The lowest BCUT2D eigenvalue weighted by Gasteiger charge is -2.40. The van der Waals surface area contributed by atoms with Crippen LogP contribution in [0.4, 0.5) is 5.69 Å². The molecular formula is C25H24ClNO4. The Morgan fingerprint density at radius 1 is 1.06 bits per heavy atom. The van der Waals surface area contributed by atoms with E-state index in [-0.39, 0.29) is 23.1 Å². The van der Waals surface area contributed by atoms with Crippen molar-refractivity contribution in [3.8, 4) is 5.75 Å². The van der Waals surface area contributed by atoms with E-state index in [4.69, 9.17) is 20.8 Å². The van der Waals surface area contributed by atoms with E-state index in [1.165, 1.54) is 6.42 Å². The number of hydrogen-bond donors (Lipinski definition) is 1. The van der Waals surface area contributed by atoms with Gasteiger partial charge < -0.3 is 14.5 Å². The third-order valence-electron chi connectivity index (χ3n) is 6.63. The topological polar surface area (TPSA) is 68.5 Å². The summed E-state index contributed by atoms with van der Waals surface area (Å²) in [6.45, 7) is 3.65. The number of benzene rings is 2. The molecule has 0 bridgehead atoms. The number of ether oxygens (including phenoxy) is 1. The number of fused-ring (bicyclic) bond motifs is 3. The number of hydrogen-bond acceptors (Lipinski definition) is 4. The van der Waals surface area contributed by atoms with Gasteiger partial charge in [-0.3, -0.25) is 9.59 Å². The van der Waals surface area contributed by atoms with Crippen LogP contribution in [0.2, 0.25) is 5.02 Å². The van der Waals surface area contributed by atoms with Gasteiger partial charge >= 0.3 is 0 Å². The highest BCUT2D eigenvalue weighted by molar-refractivity contribution is 6.31. The van der Waals surface area contributed by atoms with Crippen molar-refractivity contribution in [1.29, 1.82) is 0 Å². The summed E-state index contributed by atoms with van der Waals surface area (Å²) >= 11 is 6.17. The molecule has 0 unspecified atom stereocenters. The Morgan fingerprint density at radius 3 is 2.61 bits per heavy atom. The first kappa shape index (κ1) is 20.1. The first-order valence-corrected chi connectivity index (χ1v) is 11.1. The van der Waals surface area contributed by atoms with Gasteiger partial charge in [-0.1, -0.05) is 24.1 Å². The zero-order valence-corrected chi connectivity index (χ0v) is 18.4. The van der Waals surface area contributed by atoms with Crippen molar-refractivity contribution in [2.75, 3.05) is 5.32 Å². The third-order valence-corrected chi connectivity index (χ3v) is 7.04. The van der Waals surface area contributed by atoms with Crippen LogP contribution < -0.4 is 10.1 Å². The average molecular weight is 438 g/mol. The van der Waals surface area contributed by atoms with Gasteiger partial charge in [-0.05, 0) is 69.4 Å². The molecule has 31 heavy (non-hydrogen) atoms. The van der Waals surface area contributed by atoms with Crippen molar-refractivity contribution in [3.63, 3.8) is 0 Å². The molecular weight excluding hydrogens is 414 g/mol. The van der Waals surface area contributed by atoms with Crippen LogP contribution in [0.1, 0.15) is 70.6 Å². The minimum atomic E-state index is -0.377. The predicted molar refractivity (Wildman–Crippen MR) is 120 cm³/mol. The number of carbonyl (C=O) groups excluding carboxylic acids is 2. The maximum Gasteiger partial charge on any atom is 0.291 e. The van der Waals surface area contributed by atoms with Crippen molar-refractivity contribution in [3.05, 3.63) is 57.8 Å². The molecule has 1 spiro atoms. The van der Waals surface area contributed by atoms with Crippen LogP contribution in [0.15, 0.2) is 34.7 Å². The summed E-state index contributed by atoms with van der Waals surface area (Å²) < 4.78 is 12.3. The van der Waals surface area contributed by atoms with Crippen LogP contribution in [0.5, 0.6) is 5.75 Å². The minimum Gasteiger partial charge on any atom is -0.486 e. The van der Waals surface area contributed by atoms with Crippen molar-refractivity contribution < 1.29 is 18.7 Å². The molecule has 2 aliphatic rings. The summed E-state index contributed by atoms with van der Waals surface area (Å²) in [6, 6.07) is 8.94. The molecule has 2 aromatic carbocycles. The number of nitrogens with one attached hydrogen (secondary N) is 1. The first-order chi connectivity index (χ1) is 14.9. The molecule has 1 aromatic heterocycles. The highest BCUT2D eigenvalue weighted by atomic mass is 35.5. The lowest BCUT2D eigenvalue weighted by Crippen LogP contribution is -2.43. The Bertz CT molecular complexity index is 1220. The largest absolute Gasteiger partial charge is 0.486 e. The molecule has 1 aliphatic carbocycles. The summed E-state index contributed by atoms with van der Waals surface area (Å²) in [5.41, 5.74) is 2.72. The van der Waals surface area contributed by atoms with E-state index < -0.39 is 0 Å². The molecule has 3 aromatic rings. The molecule has 0 atom stereocenters. The van der Waals surface area contributed by atoms with Crippen LogP contribution in [0.3, 0.4) is 0 Å². The number of ketones is 1. The van der Waals surface area contributed by atoms with Gasteiger partial charge in [0.15, 0.2) is 11.5 Å². The monoisotopic (exact) mass is 437 g/mol. The number of amides is 1. The number of carbonyl (C=O) groups is 2. The number of Topliss-reactive ketones (excluding diaryl/α,β-unsaturated/α-hetero) is 1. The number of furan rings is 1. The Balaban J connectivity index is 1.54. The fourth-order valence-corrected chi connectivity index (χ4v) is 5.12. The van der Waals surface area contributed by atoms with Gasteiger partial charge in [0.1, 0.15) is 16.9 Å². The quantitative estimate of drug-likeness (QED) is 0.488. The minimum absolute atomic E-state index is 0.0651. The Hall–Kier alpha value is -2.79. The molecule has 0 radical (unpaired) electrons. The van der Waals surface area contributed by atoms with Gasteiger partial charge in [0, 0.05) is 21.7 Å². The summed E-state index contributed by atoms with van der Waals surface area (Å²) in [7, 11) is 0. The molecule has 2 heterocycles. The molecule has 5 nitrogen and oxygen atoms in total. The van der Waals surface area contributed by atoms with Crippen LogP contribution in [-0.4, -0.2) is 17.3 Å². The van der Waals surface area contributed by atoms with Crippen LogP contribution in [-0.2, 0) is 0 Å². The van der Waals surface area contributed by atoms with Crippen LogP contribution >= 0.6 is 11.6 Å². The second kappa shape index (κ2) is 7.41. The van der Waals surface area contributed by atoms with Gasteiger partial charge in [-0.2, -0.15) is 0 Å². The Labute approximate surface area is 185 Å². The van der Waals surface area contributed by atoms with E-state index in [1.807, 2.05) is 13.8 Å². The highest BCUT2D eigenvalue weighted by Crippen LogP contribution is 2.45. The summed E-state index contributed by atoms with van der Waals surface area (Å²) in [5, 5.41) is 4.12. The zero-order valence-electron chi connectivity index (χ0n) is 17.6. The fourth-order valence-electron chi connectivity index (χ4n) is 4.95. The van der Waals surface area contributed by atoms with Gasteiger partial charge in [-0.15, -0.1) is 0 Å². The van der Waals surface area contributed by atoms with Crippen molar-refractivity contribution in [1.82, 2.24) is 0 Å². The van der Waals surface area contributed by atoms with Gasteiger partial charge in [-0.25, -0.2) is 0 Å². The van der Waals surface area contributed by atoms with E-state index in [2.05, 4.69) is 5.32 Å². The number of anilines is 1. The van der Waals surface area contributed by atoms with E-state index in [0.717, 1.165) is 31.2 Å². The molecule has 0 saturated heterocycles. The van der Waals surface area contributed by atoms with Crippen molar-refractivity contribution in [2.45, 2.75) is 58.0 Å². The molecule has 1 saturated carbocycles. The van der Waals surface area contributed by atoms with Crippen LogP contribution in [0, 0.1) is 13.8 Å². The maximum atomic E-state index is 13.2. The Kier molecular flexibility index (Phi) is 4.82. The van der Waals surface area contributed by atoms with Gasteiger partial charge in [0.25, 0.3) is 5.91 Å². The van der Waals surface area contributed by atoms with E-state index in [1.54, 1.807) is 30.3 Å². The fraction of sp³-hybridized carbons (Fsp3) is 0.360. The SMILES string of the molecule is Cc1c(Cl)cccc1NC(=O)c1oc2ccc3c(c2c1C)C(=O)CC1(CCCCC1)O3. The Morgan fingerprint density at radius 2 is 1.84 bits per heavy atom. The van der Waals surface area contributed by atoms with Gasteiger partial charge in [0.05, 0.1) is 12.0 Å². The summed E-state index contributed by atoms with van der Waals surface area (Å²) in [4.78, 5) is 26.2. The second-order valence-electron chi connectivity index (χ2n) is 8.68. The first-order valence-electron chi connectivity index (χ1n) is 10.7. The second-order valence-corrected chi connectivity index (χ2v) is 9.09. The third kappa shape index (κ3) is 3.32. The lowest BCUT2D eigenvalue weighted by molar-refractivity contribution is 0.0139. The zero-order chi connectivity index (χ0) is 21.8. The highest BCUT2D eigenvalue weighted by Gasteiger charge is 2.42. The van der Waals surface area contributed by atoms with Crippen molar-refractivity contribution >= 4 is 39.9 Å². The van der Waals surface area contributed by atoms with Crippen LogP contribution in [0.25, 0.3) is 11.0 Å². The summed E-state index contributed by atoms with van der Waals surface area (Å²) in [5.74, 6) is 0.483. The number of aryl methyl sites for hydroxylation is 1. The van der Waals surface area contributed by atoms with Crippen molar-refractivity contribution in [2.24, 2.45) is 0 Å². The average Bonchev–Trinajstić information content (AvgIpc) is 3.08. The molecule has 160 valence electrons. The predicted octanol–water partition coefficient (Wildman–Crippen LogP) is 6.62. The number of rotatable bonds is 2. The smallest absolute Gasteiger partial charge is 0.291 e. The molecule has 5 rings (SSSR count). The maximum absolute atomic E-state index is 13.2. The molecule has 6 heteroatoms. The van der Waals surface area contributed by atoms with E-state index >= 15 is 0 Å². The van der Waals surface area contributed by atoms with Gasteiger partial charge in [0.2, 0.25) is 0 Å².